The molecule has 4 heteroatoms. The summed E-state index contributed by atoms with van der Waals surface area (Å²) in [7, 11) is 0. The molecule has 1 N–H and O–H groups in total. The Bertz CT molecular complexity index is 436. The summed E-state index contributed by atoms with van der Waals surface area (Å²) >= 11 is 0. The number of benzene rings is 1. The minimum absolute atomic E-state index is 0.297. The maximum atomic E-state index is 13.6. The molecule has 0 amide bonds. The zero-order valence-electron chi connectivity index (χ0n) is 10.3. The zero-order valence-corrected chi connectivity index (χ0v) is 10.3. The van der Waals surface area contributed by atoms with Crippen LogP contribution in [0.4, 0.5) is 14.5 Å². The number of halogens is 2. The molecule has 2 aliphatic rings. The first-order valence-electron chi connectivity index (χ1n) is 6.70. The van der Waals surface area contributed by atoms with E-state index in [2.05, 4.69) is 10.2 Å². The van der Waals surface area contributed by atoms with Gasteiger partial charge in [0.1, 0.15) is 11.6 Å². The standard InChI is InChI=1S/C14H18F2N2/c15-10-4-5-12(11(16)9-10)17-13-6-8-18-7-2-1-3-14(13)18/h4-5,9,13-14,17H,1-3,6-8H2. The molecule has 0 saturated carbocycles. The zero-order chi connectivity index (χ0) is 12.5. The van der Waals surface area contributed by atoms with Crippen LogP contribution in [-0.4, -0.2) is 30.1 Å². The van der Waals surface area contributed by atoms with Crippen LogP contribution in [0.3, 0.4) is 0 Å². The third kappa shape index (κ3) is 2.21. The molecule has 0 aromatic heterocycles. The van der Waals surface area contributed by atoms with Gasteiger partial charge in [0, 0.05) is 24.7 Å². The average Bonchev–Trinajstić information content (AvgIpc) is 2.76. The normalized spacial score (nSPS) is 28.1. The number of anilines is 1. The van der Waals surface area contributed by atoms with Gasteiger partial charge in [-0.2, -0.15) is 0 Å². The summed E-state index contributed by atoms with van der Waals surface area (Å²) in [6.07, 6.45) is 4.75. The first-order chi connectivity index (χ1) is 8.74. The van der Waals surface area contributed by atoms with E-state index in [1.807, 2.05) is 0 Å². The molecule has 2 nitrogen and oxygen atoms in total. The monoisotopic (exact) mass is 252 g/mol. The molecule has 0 radical (unpaired) electrons. The molecule has 2 atom stereocenters. The van der Waals surface area contributed by atoms with Crippen LogP contribution in [0.2, 0.25) is 0 Å². The highest BCUT2D eigenvalue weighted by Gasteiger charge is 2.35. The fraction of sp³-hybridized carbons (Fsp3) is 0.571. The molecule has 3 rings (SSSR count). The largest absolute Gasteiger partial charge is 0.378 e. The van der Waals surface area contributed by atoms with Gasteiger partial charge < -0.3 is 5.32 Å². The fourth-order valence-electron chi connectivity index (χ4n) is 3.22. The van der Waals surface area contributed by atoms with E-state index in [0.717, 1.165) is 25.6 Å². The molecule has 2 saturated heterocycles. The van der Waals surface area contributed by atoms with E-state index >= 15 is 0 Å². The van der Waals surface area contributed by atoms with Crippen LogP contribution in [0.5, 0.6) is 0 Å². The number of hydrogen-bond acceptors (Lipinski definition) is 2. The van der Waals surface area contributed by atoms with E-state index < -0.39 is 11.6 Å². The van der Waals surface area contributed by atoms with Crippen LogP contribution < -0.4 is 5.32 Å². The lowest BCUT2D eigenvalue weighted by atomic mass is 9.99. The molecule has 0 spiro atoms. The van der Waals surface area contributed by atoms with Gasteiger partial charge in [-0.05, 0) is 37.9 Å². The van der Waals surface area contributed by atoms with Gasteiger partial charge in [-0.3, -0.25) is 4.90 Å². The van der Waals surface area contributed by atoms with Crippen molar-refractivity contribution in [2.75, 3.05) is 18.4 Å². The summed E-state index contributed by atoms with van der Waals surface area (Å²) in [6.45, 7) is 2.25. The quantitative estimate of drug-likeness (QED) is 0.870. The second-order valence-corrected chi connectivity index (χ2v) is 5.26. The highest BCUT2D eigenvalue weighted by atomic mass is 19.1. The van der Waals surface area contributed by atoms with Crippen LogP contribution in [0.25, 0.3) is 0 Å². The molecule has 1 aromatic carbocycles. The van der Waals surface area contributed by atoms with Gasteiger partial charge in [-0.15, -0.1) is 0 Å². The molecular formula is C14H18F2N2. The molecule has 2 unspecified atom stereocenters. The smallest absolute Gasteiger partial charge is 0.149 e. The van der Waals surface area contributed by atoms with Crippen molar-refractivity contribution in [1.29, 1.82) is 0 Å². The topological polar surface area (TPSA) is 15.3 Å². The van der Waals surface area contributed by atoms with Crippen LogP contribution >= 0.6 is 0 Å². The molecule has 2 aliphatic heterocycles. The maximum Gasteiger partial charge on any atom is 0.149 e. The van der Waals surface area contributed by atoms with Crippen molar-refractivity contribution in [3.8, 4) is 0 Å². The van der Waals surface area contributed by atoms with Gasteiger partial charge in [0.25, 0.3) is 0 Å². The number of nitrogens with one attached hydrogen (secondary N) is 1. The summed E-state index contributed by atoms with van der Waals surface area (Å²) in [5.74, 6) is -1.02. The summed E-state index contributed by atoms with van der Waals surface area (Å²) in [4.78, 5) is 2.49. The number of rotatable bonds is 2. The number of fused-ring (bicyclic) bond motifs is 1. The fourth-order valence-corrected chi connectivity index (χ4v) is 3.22. The molecule has 2 heterocycles. The van der Waals surface area contributed by atoms with E-state index in [1.54, 1.807) is 0 Å². The van der Waals surface area contributed by atoms with Gasteiger partial charge in [0.15, 0.2) is 0 Å². The van der Waals surface area contributed by atoms with Crippen molar-refractivity contribution in [2.45, 2.75) is 37.8 Å². The van der Waals surface area contributed by atoms with E-state index in [0.29, 0.717) is 17.8 Å². The van der Waals surface area contributed by atoms with Gasteiger partial charge in [-0.1, -0.05) is 6.42 Å². The van der Waals surface area contributed by atoms with Gasteiger partial charge >= 0.3 is 0 Å². The minimum atomic E-state index is -0.524. The van der Waals surface area contributed by atoms with Gasteiger partial charge in [-0.25, -0.2) is 8.78 Å². The minimum Gasteiger partial charge on any atom is -0.378 e. The third-order valence-corrected chi connectivity index (χ3v) is 4.13. The Morgan fingerprint density at radius 2 is 2.00 bits per heavy atom. The Morgan fingerprint density at radius 3 is 2.83 bits per heavy atom. The lowest BCUT2D eigenvalue weighted by molar-refractivity contribution is 0.192. The Balaban J connectivity index is 1.72. The second kappa shape index (κ2) is 4.84. The van der Waals surface area contributed by atoms with Crippen LogP contribution in [0.1, 0.15) is 25.7 Å². The van der Waals surface area contributed by atoms with Crippen molar-refractivity contribution < 1.29 is 8.78 Å². The second-order valence-electron chi connectivity index (χ2n) is 5.26. The number of hydrogen-bond donors (Lipinski definition) is 1. The molecule has 1 aromatic rings. The SMILES string of the molecule is Fc1ccc(NC2CCN3CCCCC23)c(F)c1. The van der Waals surface area contributed by atoms with Crippen molar-refractivity contribution in [3.63, 3.8) is 0 Å². The predicted molar refractivity (Wildman–Crippen MR) is 67.6 cm³/mol. The summed E-state index contributed by atoms with van der Waals surface area (Å²) in [5, 5.41) is 3.25. The van der Waals surface area contributed by atoms with Gasteiger partial charge in [0.05, 0.1) is 5.69 Å². The highest BCUT2D eigenvalue weighted by Crippen LogP contribution is 2.30. The molecule has 2 fully saturated rings. The summed E-state index contributed by atoms with van der Waals surface area (Å²) < 4.78 is 26.5. The lowest BCUT2D eigenvalue weighted by Crippen LogP contribution is -2.41. The van der Waals surface area contributed by atoms with Crippen molar-refractivity contribution >= 4 is 5.69 Å². The van der Waals surface area contributed by atoms with E-state index in [-0.39, 0.29) is 0 Å². The Hall–Kier alpha value is -1.16. The van der Waals surface area contributed by atoms with E-state index in [9.17, 15) is 8.78 Å². The molecule has 18 heavy (non-hydrogen) atoms. The molecular weight excluding hydrogens is 234 g/mol. The van der Waals surface area contributed by atoms with E-state index in [4.69, 9.17) is 0 Å². The Kier molecular flexibility index (Phi) is 3.20. The summed E-state index contributed by atoms with van der Waals surface area (Å²) in [5.41, 5.74) is 0.425. The van der Waals surface area contributed by atoms with Crippen molar-refractivity contribution in [1.82, 2.24) is 4.90 Å². The predicted octanol–water partition coefficient (Wildman–Crippen LogP) is 3.00. The molecule has 0 bridgehead atoms. The first-order valence-corrected chi connectivity index (χ1v) is 6.70. The Morgan fingerprint density at radius 1 is 1.11 bits per heavy atom. The van der Waals surface area contributed by atoms with Crippen molar-refractivity contribution in [2.24, 2.45) is 0 Å². The first kappa shape index (κ1) is 11.9. The lowest BCUT2D eigenvalue weighted by Gasteiger charge is -2.33. The third-order valence-electron chi connectivity index (χ3n) is 4.13. The Labute approximate surface area is 106 Å². The molecule has 0 aliphatic carbocycles. The van der Waals surface area contributed by atoms with E-state index in [1.165, 1.54) is 31.4 Å². The van der Waals surface area contributed by atoms with Crippen LogP contribution in [0, 0.1) is 11.6 Å². The summed E-state index contributed by atoms with van der Waals surface area (Å²) in [6, 6.07) is 4.55. The van der Waals surface area contributed by atoms with Gasteiger partial charge in [0.2, 0.25) is 0 Å². The molecule has 98 valence electrons. The number of nitrogens with zero attached hydrogens (tertiary/aromatic N) is 1. The highest BCUT2D eigenvalue weighted by molar-refractivity contribution is 5.46. The van der Waals surface area contributed by atoms with Crippen LogP contribution in [0.15, 0.2) is 18.2 Å². The average molecular weight is 252 g/mol. The maximum absolute atomic E-state index is 13.6. The number of piperidine rings is 1. The van der Waals surface area contributed by atoms with Crippen molar-refractivity contribution in [3.05, 3.63) is 29.8 Å². The van der Waals surface area contributed by atoms with Crippen LogP contribution in [-0.2, 0) is 0 Å².